The zero-order valence-electron chi connectivity index (χ0n) is 11.3. The lowest BCUT2D eigenvalue weighted by Gasteiger charge is -2.36. The molecule has 0 aliphatic rings. The first-order valence-electron chi connectivity index (χ1n) is 5.97. The summed E-state index contributed by atoms with van der Waals surface area (Å²) < 4.78 is 115. The zero-order valence-corrected chi connectivity index (χ0v) is 11.3. The van der Waals surface area contributed by atoms with Crippen molar-refractivity contribution in [1.82, 2.24) is 0 Å². The highest BCUT2D eigenvalue weighted by atomic mass is 19.4. The molecule has 10 heteroatoms. The summed E-state index contributed by atoms with van der Waals surface area (Å²) in [6.07, 6.45) is -6.91. The highest BCUT2D eigenvalue weighted by molar-refractivity contribution is 5.98. The van der Waals surface area contributed by atoms with Crippen LogP contribution < -0.4 is 0 Å². The Morgan fingerprint density at radius 3 is 1.65 bits per heavy atom. The minimum absolute atomic E-state index is 0.162. The molecule has 0 amide bonds. The molecule has 0 N–H and O–H groups in total. The van der Waals surface area contributed by atoms with Gasteiger partial charge in [-0.1, -0.05) is 30.3 Å². The normalized spacial score (nSPS) is 15.4. The van der Waals surface area contributed by atoms with Crippen LogP contribution in [0.2, 0.25) is 0 Å². The van der Waals surface area contributed by atoms with Crippen molar-refractivity contribution in [1.29, 1.82) is 0 Å². The van der Waals surface area contributed by atoms with Gasteiger partial charge in [-0.2, -0.15) is 39.5 Å². The quantitative estimate of drug-likeness (QED) is 0.540. The Bertz CT molecular complexity index is 563. The Labute approximate surface area is 124 Å². The summed E-state index contributed by atoms with van der Waals surface area (Å²) in [5.74, 6) is -24.5. The largest absolute Gasteiger partial charge is 0.460 e. The zero-order chi connectivity index (χ0) is 18.3. The highest BCUT2D eigenvalue weighted by Crippen LogP contribution is 2.55. The average Bonchev–Trinajstić information content (AvgIpc) is 2.44. The number of carbonyl (C=O) groups excluding carboxylic acids is 1. The Hall–Kier alpha value is -1.74. The summed E-state index contributed by atoms with van der Waals surface area (Å²) in [5.41, 5.74) is -0.522. The molecule has 0 bridgehead atoms. The van der Waals surface area contributed by atoms with Crippen molar-refractivity contribution in [2.75, 3.05) is 0 Å². The van der Waals surface area contributed by atoms with Crippen molar-refractivity contribution in [2.45, 2.75) is 30.9 Å². The summed E-state index contributed by atoms with van der Waals surface area (Å²) in [4.78, 5) is 11.7. The van der Waals surface area contributed by atoms with E-state index in [0.29, 0.717) is 0 Å². The van der Waals surface area contributed by atoms with Crippen LogP contribution in [-0.2, 0) is 0 Å². The summed E-state index contributed by atoms with van der Waals surface area (Å²) in [6, 6.07) is 5.59. The number of hydrogen-bond acceptors (Lipinski definition) is 1. The van der Waals surface area contributed by atoms with Crippen LogP contribution in [0, 0.1) is 5.92 Å². The van der Waals surface area contributed by atoms with E-state index in [9.17, 15) is 44.3 Å². The maximum Gasteiger partial charge on any atom is 0.460 e. The fourth-order valence-corrected chi connectivity index (χ4v) is 1.68. The van der Waals surface area contributed by atoms with Gasteiger partial charge >= 0.3 is 23.9 Å². The predicted octanol–water partition coefficient (Wildman–Crippen LogP) is 4.97. The molecule has 1 rings (SSSR count). The van der Waals surface area contributed by atoms with Crippen LogP contribution in [0.5, 0.6) is 0 Å². The van der Waals surface area contributed by atoms with Gasteiger partial charge in [0, 0.05) is 5.56 Å². The van der Waals surface area contributed by atoms with Crippen molar-refractivity contribution in [3.8, 4) is 0 Å². The maximum absolute atomic E-state index is 13.6. The molecule has 0 radical (unpaired) electrons. The van der Waals surface area contributed by atoms with Gasteiger partial charge in [0.2, 0.25) is 0 Å². The number of rotatable bonds is 5. The molecule has 0 saturated carbocycles. The molecular weight excluding hydrogens is 343 g/mol. The third kappa shape index (κ3) is 3.02. The minimum atomic E-state index is -7.01. The molecule has 0 fully saturated rings. The number of Topliss-reactive ketones (excluding diaryl/α,β-unsaturated/α-hetero) is 1. The summed E-state index contributed by atoms with van der Waals surface area (Å²) in [7, 11) is 0. The lowest BCUT2D eigenvalue weighted by Crippen LogP contribution is -2.63. The lowest BCUT2D eigenvalue weighted by atomic mass is 9.87. The smallest absolute Gasteiger partial charge is 0.294 e. The second kappa shape index (κ2) is 5.72. The molecular formula is C13H9F9O. The van der Waals surface area contributed by atoms with Gasteiger partial charge in [0.05, 0.1) is 5.92 Å². The fourth-order valence-electron chi connectivity index (χ4n) is 1.68. The van der Waals surface area contributed by atoms with Gasteiger partial charge in [-0.3, -0.25) is 4.79 Å². The summed E-state index contributed by atoms with van der Waals surface area (Å²) >= 11 is 0. The van der Waals surface area contributed by atoms with Gasteiger partial charge in [-0.05, 0) is 6.92 Å². The van der Waals surface area contributed by atoms with Crippen molar-refractivity contribution < 1.29 is 44.3 Å². The molecule has 1 aromatic carbocycles. The third-order valence-corrected chi connectivity index (χ3v) is 3.16. The van der Waals surface area contributed by atoms with Crippen molar-refractivity contribution in [3.63, 3.8) is 0 Å². The number of carbonyl (C=O) groups is 1. The first-order valence-corrected chi connectivity index (χ1v) is 5.97. The minimum Gasteiger partial charge on any atom is -0.294 e. The van der Waals surface area contributed by atoms with E-state index in [1.807, 2.05) is 0 Å². The molecule has 0 aliphatic heterocycles. The van der Waals surface area contributed by atoms with Crippen LogP contribution >= 0.6 is 0 Å². The van der Waals surface area contributed by atoms with Gasteiger partial charge in [-0.15, -0.1) is 0 Å². The highest BCUT2D eigenvalue weighted by Gasteiger charge is 2.82. The molecule has 0 spiro atoms. The molecule has 23 heavy (non-hydrogen) atoms. The predicted molar refractivity (Wildman–Crippen MR) is 60.8 cm³/mol. The Morgan fingerprint density at radius 1 is 0.826 bits per heavy atom. The maximum atomic E-state index is 13.6. The van der Waals surface area contributed by atoms with E-state index >= 15 is 0 Å². The van der Waals surface area contributed by atoms with Crippen LogP contribution in [-0.4, -0.2) is 29.7 Å². The summed E-state index contributed by atoms with van der Waals surface area (Å²) in [6.45, 7) is 0.162. The van der Waals surface area contributed by atoms with Gasteiger partial charge < -0.3 is 0 Å². The molecule has 1 nitrogen and oxygen atoms in total. The third-order valence-electron chi connectivity index (χ3n) is 3.16. The van der Waals surface area contributed by atoms with Crippen LogP contribution in [0.4, 0.5) is 39.5 Å². The number of hydrogen-bond donors (Lipinski definition) is 0. The van der Waals surface area contributed by atoms with Crippen molar-refractivity contribution in [3.05, 3.63) is 35.9 Å². The van der Waals surface area contributed by atoms with Crippen LogP contribution in [0.1, 0.15) is 17.3 Å². The second-order valence-electron chi connectivity index (χ2n) is 4.72. The molecule has 0 aliphatic carbocycles. The van der Waals surface area contributed by atoms with Gasteiger partial charge in [0.25, 0.3) is 0 Å². The van der Waals surface area contributed by atoms with E-state index in [1.54, 1.807) is 0 Å². The number of halogens is 9. The molecule has 1 aromatic rings. The van der Waals surface area contributed by atoms with E-state index in [2.05, 4.69) is 0 Å². The second-order valence-corrected chi connectivity index (χ2v) is 4.72. The van der Waals surface area contributed by atoms with E-state index in [-0.39, 0.29) is 6.92 Å². The van der Waals surface area contributed by atoms with E-state index in [1.165, 1.54) is 18.2 Å². The molecule has 130 valence electrons. The van der Waals surface area contributed by atoms with E-state index < -0.39 is 41.2 Å². The molecule has 0 saturated heterocycles. The topological polar surface area (TPSA) is 17.1 Å². The lowest BCUT2D eigenvalue weighted by molar-refractivity contribution is -0.400. The Balaban J connectivity index is 3.26. The molecule has 0 heterocycles. The molecule has 1 unspecified atom stereocenters. The van der Waals surface area contributed by atoms with Gasteiger partial charge in [0.1, 0.15) is 0 Å². The monoisotopic (exact) mass is 352 g/mol. The van der Waals surface area contributed by atoms with Crippen LogP contribution in [0.15, 0.2) is 30.3 Å². The Morgan fingerprint density at radius 2 is 1.26 bits per heavy atom. The van der Waals surface area contributed by atoms with E-state index in [4.69, 9.17) is 0 Å². The fraction of sp³-hybridized carbons (Fsp3) is 0.462. The molecule has 0 aromatic heterocycles. The first kappa shape index (κ1) is 19.3. The van der Waals surface area contributed by atoms with Crippen molar-refractivity contribution in [2.24, 2.45) is 5.92 Å². The van der Waals surface area contributed by atoms with Crippen molar-refractivity contribution >= 4 is 5.78 Å². The number of alkyl halides is 9. The van der Waals surface area contributed by atoms with E-state index in [0.717, 1.165) is 12.1 Å². The van der Waals surface area contributed by atoms with Crippen LogP contribution in [0.3, 0.4) is 0 Å². The number of ketones is 1. The SMILES string of the molecule is CC(C(=O)c1ccccc1)C(F)(F)C(F)(F)C(F)(F)C(F)(F)F. The van der Waals surface area contributed by atoms with Gasteiger partial charge in [-0.25, -0.2) is 0 Å². The van der Waals surface area contributed by atoms with Crippen LogP contribution in [0.25, 0.3) is 0 Å². The summed E-state index contributed by atoms with van der Waals surface area (Å²) in [5, 5.41) is 0. The Kier molecular flexibility index (Phi) is 4.80. The average molecular weight is 352 g/mol. The van der Waals surface area contributed by atoms with Gasteiger partial charge in [0.15, 0.2) is 5.78 Å². The molecule has 1 atom stereocenters. The standard InChI is InChI=1S/C13H9F9O/c1-7(9(23)8-5-3-2-4-6-8)10(14,15)11(16,17)12(18,19)13(20,21)22/h2-7H,1H3. The number of benzene rings is 1. The first-order chi connectivity index (χ1) is 10.2.